The Balaban J connectivity index is 2.52. The average molecular weight is 527 g/mol. The predicted octanol–water partition coefficient (Wildman–Crippen LogP) is 3.46. The molecule has 0 radical (unpaired) electrons. The Bertz CT molecular complexity index is 1060. The summed E-state index contributed by atoms with van der Waals surface area (Å²) >= 11 is 0. The van der Waals surface area contributed by atoms with E-state index in [2.05, 4.69) is 17.2 Å². The molecule has 8 nitrogen and oxygen atoms in total. The molecule has 8 heteroatoms. The third-order valence-electron chi connectivity index (χ3n) is 6.83. The smallest absolute Gasteiger partial charge is 0.251 e. The normalized spacial score (nSPS) is 31.9. The van der Waals surface area contributed by atoms with Crippen LogP contribution in [-0.4, -0.2) is 61.7 Å². The molecule has 0 fully saturated rings. The number of nitrogens with one attached hydrogen (secondary N) is 2. The Morgan fingerprint density at radius 3 is 2.50 bits per heavy atom. The zero-order chi connectivity index (χ0) is 28.4. The summed E-state index contributed by atoms with van der Waals surface area (Å²) in [6.45, 7) is 11.5. The van der Waals surface area contributed by atoms with Gasteiger partial charge < -0.3 is 25.2 Å². The summed E-state index contributed by atoms with van der Waals surface area (Å²) in [5.41, 5.74) is 1.86. The number of methoxy groups -OCH3 is 2. The van der Waals surface area contributed by atoms with Crippen molar-refractivity contribution in [3.63, 3.8) is 0 Å². The summed E-state index contributed by atoms with van der Waals surface area (Å²) in [6.07, 6.45) is 9.86. The minimum absolute atomic E-state index is 0.0625. The van der Waals surface area contributed by atoms with Crippen LogP contribution in [0.3, 0.4) is 0 Å². The number of hydrogen-bond acceptors (Lipinski definition) is 7. The van der Waals surface area contributed by atoms with E-state index in [1.165, 1.54) is 0 Å². The number of amides is 1. The minimum atomic E-state index is -0.771. The molecule has 0 unspecified atom stereocenters. The molecule has 1 aliphatic carbocycles. The van der Waals surface area contributed by atoms with Crippen LogP contribution in [0.2, 0.25) is 0 Å². The van der Waals surface area contributed by atoms with Crippen molar-refractivity contribution in [2.24, 2.45) is 11.8 Å². The molecule has 38 heavy (non-hydrogen) atoms. The fourth-order valence-corrected chi connectivity index (χ4v) is 4.67. The van der Waals surface area contributed by atoms with E-state index in [1.807, 2.05) is 32.9 Å². The van der Waals surface area contributed by atoms with Crippen molar-refractivity contribution in [2.45, 2.75) is 65.3 Å². The maximum Gasteiger partial charge on any atom is 0.251 e. The molecule has 2 rings (SSSR count). The molecule has 208 valence electrons. The van der Waals surface area contributed by atoms with E-state index in [0.29, 0.717) is 25.0 Å². The topological polar surface area (TPSA) is 114 Å². The lowest BCUT2D eigenvalue weighted by Crippen LogP contribution is -2.37. The van der Waals surface area contributed by atoms with Gasteiger partial charge >= 0.3 is 0 Å². The van der Waals surface area contributed by atoms with Gasteiger partial charge in [-0.1, -0.05) is 49.8 Å². The third kappa shape index (κ3) is 8.48. The predicted molar refractivity (Wildman–Crippen MR) is 148 cm³/mol. The van der Waals surface area contributed by atoms with Crippen molar-refractivity contribution >= 4 is 17.5 Å². The van der Waals surface area contributed by atoms with Gasteiger partial charge in [0.1, 0.15) is 0 Å². The molecule has 3 N–H and O–H groups in total. The molecule has 1 amide bonds. The van der Waals surface area contributed by atoms with Crippen molar-refractivity contribution in [1.82, 2.24) is 10.6 Å². The maximum absolute atomic E-state index is 13.5. The van der Waals surface area contributed by atoms with Crippen LogP contribution in [0.1, 0.15) is 47.0 Å². The van der Waals surface area contributed by atoms with Gasteiger partial charge in [-0.3, -0.25) is 14.4 Å². The molecule has 1 aliphatic heterocycles. The first-order valence-electron chi connectivity index (χ1n) is 13.0. The number of rotatable bonds is 5. The van der Waals surface area contributed by atoms with Crippen LogP contribution in [0.25, 0.3) is 0 Å². The van der Waals surface area contributed by atoms with Gasteiger partial charge in [-0.25, -0.2) is 0 Å². The molecular formula is C30H42N2O6. The van der Waals surface area contributed by atoms with E-state index in [1.54, 1.807) is 39.4 Å². The minimum Gasteiger partial charge on any atom is -0.390 e. The number of aliphatic hydroxyl groups is 1. The second-order valence-corrected chi connectivity index (χ2v) is 10.1. The Morgan fingerprint density at radius 2 is 1.87 bits per heavy atom. The van der Waals surface area contributed by atoms with Gasteiger partial charge in [-0.15, -0.1) is 6.58 Å². The van der Waals surface area contributed by atoms with Gasteiger partial charge in [0.2, 0.25) is 11.6 Å². The molecule has 2 bridgehead atoms. The van der Waals surface area contributed by atoms with E-state index in [0.717, 1.165) is 11.6 Å². The van der Waals surface area contributed by atoms with Crippen molar-refractivity contribution in [3.8, 4) is 0 Å². The van der Waals surface area contributed by atoms with Gasteiger partial charge in [0.25, 0.3) is 5.91 Å². The summed E-state index contributed by atoms with van der Waals surface area (Å²) in [4.78, 5) is 39.3. The lowest BCUT2D eigenvalue weighted by molar-refractivity contribution is -0.120. The number of fused-ring (bicyclic) bond motifs is 2. The fraction of sp³-hybridized carbons (Fsp3) is 0.500. The first-order valence-corrected chi connectivity index (χ1v) is 13.0. The van der Waals surface area contributed by atoms with E-state index in [4.69, 9.17) is 9.47 Å². The number of ether oxygens (including phenoxy) is 2. The van der Waals surface area contributed by atoms with Gasteiger partial charge in [-0.2, -0.15) is 0 Å². The highest BCUT2D eigenvalue weighted by molar-refractivity contribution is 6.23. The van der Waals surface area contributed by atoms with Crippen LogP contribution in [0.5, 0.6) is 0 Å². The fourth-order valence-electron chi connectivity index (χ4n) is 4.67. The van der Waals surface area contributed by atoms with Gasteiger partial charge in [0.15, 0.2) is 0 Å². The zero-order valence-corrected chi connectivity index (χ0v) is 23.4. The first-order chi connectivity index (χ1) is 18.0. The van der Waals surface area contributed by atoms with Crippen LogP contribution in [0, 0.1) is 11.8 Å². The number of carbonyl (C=O) groups is 3. The number of carbonyl (C=O) groups excluding carboxylic acids is 3. The highest BCUT2D eigenvalue weighted by atomic mass is 16.5. The Labute approximate surface area is 226 Å². The number of Topliss-reactive ketones (excluding diaryl/α,β-unsaturated/α-hetero) is 1. The monoisotopic (exact) mass is 526 g/mol. The number of ketones is 2. The molecule has 2 aliphatic rings. The zero-order valence-electron chi connectivity index (χ0n) is 23.4. The summed E-state index contributed by atoms with van der Waals surface area (Å²) in [5, 5.41) is 16.7. The summed E-state index contributed by atoms with van der Waals surface area (Å²) in [7, 11) is 3.17. The second kappa shape index (κ2) is 14.8. The summed E-state index contributed by atoms with van der Waals surface area (Å²) in [6, 6.07) is 0. The molecule has 0 aromatic heterocycles. The summed E-state index contributed by atoms with van der Waals surface area (Å²) in [5.74, 6) is -1.58. The van der Waals surface area contributed by atoms with E-state index in [-0.39, 0.29) is 41.3 Å². The lowest BCUT2D eigenvalue weighted by Gasteiger charge is -2.29. The Kier molecular flexibility index (Phi) is 12.1. The SMILES string of the molecule is C=CCNC1=C2C[C@H](C)C[C@H](OC)[C@H](O)[C@@H](C)/C=C(\C)C[C@H](OC)/C=C/C=C(\C)C(=O)NC(=CC1=O)C2=O. The standard InChI is InChI=1S/C30H42N2O6/c1-8-12-31-27-23-15-19(3)16-26(38-7)28(34)21(5)13-18(2)14-22(37-6)11-9-10-20(4)30(36)32-24(29(23)35)17-25(27)33/h8-11,13,17,19,21-22,26,28,31,34H,1,12,14-16H2,2-7H3,(H,32,36)/b11-9+,18-13+,20-10+/t19-,21-,22+,26-,28+/m0/s1. The maximum atomic E-state index is 13.5. The quantitative estimate of drug-likeness (QED) is 0.371. The molecular weight excluding hydrogens is 484 g/mol. The van der Waals surface area contributed by atoms with Crippen LogP contribution in [-0.2, 0) is 23.9 Å². The van der Waals surface area contributed by atoms with E-state index < -0.39 is 29.7 Å². The first kappa shape index (κ1) is 31.1. The van der Waals surface area contributed by atoms with Crippen LogP contribution < -0.4 is 10.6 Å². The number of hydrogen-bond donors (Lipinski definition) is 3. The molecule has 0 saturated heterocycles. The third-order valence-corrected chi connectivity index (χ3v) is 6.83. The Hall–Kier alpha value is -3.07. The van der Waals surface area contributed by atoms with Crippen molar-refractivity contribution in [3.05, 3.63) is 71.1 Å². The number of aliphatic hydroxyl groups excluding tert-OH is 1. The molecule has 0 aromatic carbocycles. The van der Waals surface area contributed by atoms with Gasteiger partial charge in [0.05, 0.1) is 29.7 Å². The molecule has 0 saturated carbocycles. The van der Waals surface area contributed by atoms with Crippen LogP contribution in [0.15, 0.2) is 71.1 Å². The van der Waals surface area contributed by atoms with E-state index >= 15 is 0 Å². The highest BCUT2D eigenvalue weighted by Gasteiger charge is 2.32. The highest BCUT2D eigenvalue weighted by Crippen LogP contribution is 2.28. The van der Waals surface area contributed by atoms with Crippen molar-refractivity contribution in [1.29, 1.82) is 0 Å². The number of allylic oxidation sites excluding steroid dienone is 4. The van der Waals surface area contributed by atoms with E-state index in [9.17, 15) is 19.5 Å². The van der Waals surface area contributed by atoms with Gasteiger partial charge in [-0.05, 0) is 39.0 Å². The Morgan fingerprint density at radius 1 is 1.16 bits per heavy atom. The van der Waals surface area contributed by atoms with Crippen molar-refractivity contribution < 1.29 is 29.0 Å². The molecule has 1 heterocycles. The second-order valence-electron chi connectivity index (χ2n) is 10.1. The average Bonchev–Trinajstić information content (AvgIpc) is 2.87. The lowest BCUT2D eigenvalue weighted by atomic mass is 9.85. The molecule has 5 atom stereocenters. The van der Waals surface area contributed by atoms with Crippen LogP contribution in [0.4, 0.5) is 0 Å². The van der Waals surface area contributed by atoms with Crippen LogP contribution >= 0.6 is 0 Å². The summed E-state index contributed by atoms with van der Waals surface area (Å²) < 4.78 is 11.2. The molecule has 0 aromatic rings. The van der Waals surface area contributed by atoms with Gasteiger partial charge in [0, 0.05) is 43.9 Å². The largest absolute Gasteiger partial charge is 0.390 e. The van der Waals surface area contributed by atoms with Crippen molar-refractivity contribution in [2.75, 3.05) is 20.8 Å². The molecule has 0 spiro atoms.